The molecule has 0 bridgehead atoms. The molecule has 5 nitrogen and oxygen atoms in total. The molecule has 0 spiro atoms. The van der Waals surface area contributed by atoms with Gasteiger partial charge in [-0.3, -0.25) is 9.10 Å². The number of amides is 1. The molecule has 1 aliphatic carbocycles. The van der Waals surface area contributed by atoms with E-state index in [0.29, 0.717) is 16.8 Å². The second-order valence-electron chi connectivity index (χ2n) is 8.06. The van der Waals surface area contributed by atoms with Crippen LogP contribution in [0.3, 0.4) is 0 Å². The Bertz CT molecular complexity index is 1210. The molecule has 0 aromatic heterocycles. The molecule has 0 heterocycles. The number of anilines is 1. The maximum atomic E-state index is 13.2. The van der Waals surface area contributed by atoms with E-state index in [2.05, 4.69) is 17.4 Å². The number of carbonyl (C=O) groups is 1. The summed E-state index contributed by atoms with van der Waals surface area (Å²) in [6, 6.07) is 20.3. The maximum absolute atomic E-state index is 13.2. The molecule has 1 amide bonds. The predicted molar refractivity (Wildman–Crippen MR) is 123 cm³/mol. The molecule has 7 heteroatoms. The second kappa shape index (κ2) is 9.12. The number of hydrogen-bond donors (Lipinski definition) is 1. The minimum Gasteiger partial charge on any atom is -0.345 e. The molecule has 3 aromatic rings. The Balaban J connectivity index is 1.51. The van der Waals surface area contributed by atoms with E-state index < -0.39 is 10.0 Å². The fraction of sp³-hybridized carbons (Fsp3) is 0.240. The Morgan fingerprint density at radius 3 is 2.41 bits per heavy atom. The van der Waals surface area contributed by atoms with E-state index in [9.17, 15) is 17.6 Å². The van der Waals surface area contributed by atoms with Crippen molar-refractivity contribution in [2.24, 2.45) is 0 Å². The number of hydrogen-bond acceptors (Lipinski definition) is 3. The Morgan fingerprint density at radius 2 is 1.72 bits per heavy atom. The number of carbonyl (C=O) groups excluding carboxylic acids is 1. The lowest BCUT2D eigenvalue weighted by atomic mass is 9.87. The Kier molecular flexibility index (Phi) is 6.28. The first kappa shape index (κ1) is 22.0. The van der Waals surface area contributed by atoms with E-state index in [1.54, 1.807) is 36.4 Å². The van der Waals surface area contributed by atoms with E-state index in [4.69, 9.17) is 0 Å². The van der Waals surface area contributed by atoms with Crippen LogP contribution in [0.5, 0.6) is 0 Å². The van der Waals surface area contributed by atoms with E-state index in [1.165, 1.54) is 22.0 Å². The third-order valence-corrected chi connectivity index (χ3v) is 6.87. The summed E-state index contributed by atoms with van der Waals surface area (Å²) in [5, 5.41) is 3.11. The first-order valence-corrected chi connectivity index (χ1v) is 12.4. The zero-order valence-electron chi connectivity index (χ0n) is 17.8. The highest BCUT2D eigenvalue weighted by Gasteiger charge is 2.23. The van der Waals surface area contributed by atoms with Crippen molar-refractivity contribution in [3.05, 3.63) is 101 Å². The Morgan fingerprint density at radius 1 is 1.03 bits per heavy atom. The molecule has 0 saturated heterocycles. The van der Waals surface area contributed by atoms with Crippen molar-refractivity contribution in [3.63, 3.8) is 0 Å². The van der Waals surface area contributed by atoms with Gasteiger partial charge in [0.25, 0.3) is 5.91 Å². The molecule has 0 saturated carbocycles. The highest BCUT2D eigenvalue weighted by molar-refractivity contribution is 7.92. The number of benzene rings is 3. The van der Waals surface area contributed by atoms with Gasteiger partial charge in [0.05, 0.1) is 24.5 Å². The van der Waals surface area contributed by atoms with Gasteiger partial charge in [-0.05, 0) is 72.4 Å². The van der Waals surface area contributed by atoms with E-state index in [-0.39, 0.29) is 24.3 Å². The van der Waals surface area contributed by atoms with Crippen molar-refractivity contribution < 1.29 is 17.6 Å². The van der Waals surface area contributed by atoms with Crippen LogP contribution in [0.4, 0.5) is 10.1 Å². The highest BCUT2D eigenvalue weighted by Crippen LogP contribution is 2.30. The highest BCUT2D eigenvalue weighted by atomic mass is 32.2. The van der Waals surface area contributed by atoms with Crippen LogP contribution in [0.1, 0.15) is 45.9 Å². The fourth-order valence-corrected chi connectivity index (χ4v) is 4.97. The van der Waals surface area contributed by atoms with Crippen LogP contribution in [0.15, 0.2) is 72.8 Å². The molecule has 0 fully saturated rings. The van der Waals surface area contributed by atoms with Gasteiger partial charge in [-0.25, -0.2) is 12.8 Å². The minimum atomic E-state index is -3.58. The summed E-state index contributed by atoms with van der Waals surface area (Å²) in [5.74, 6) is -0.571. The van der Waals surface area contributed by atoms with Gasteiger partial charge >= 0.3 is 0 Å². The van der Waals surface area contributed by atoms with Gasteiger partial charge in [0.2, 0.25) is 10.0 Å². The van der Waals surface area contributed by atoms with Gasteiger partial charge in [0.1, 0.15) is 5.82 Å². The smallest absolute Gasteiger partial charge is 0.251 e. The summed E-state index contributed by atoms with van der Waals surface area (Å²) >= 11 is 0. The molecule has 0 unspecified atom stereocenters. The Labute approximate surface area is 187 Å². The number of aryl methyl sites for hydroxylation is 1. The third-order valence-electron chi connectivity index (χ3n) is 5.73. The van der Waals surface area contributed by atoms with E-state index >= 15 is 0 Å². The lowest BCUT2D eigenvalue weighted by Gasteiger charge is -2.26. The van der Waals surface area contributed by atoms with Gasteiger partial charge < -0.3 is 5.32 Å². The monoisotopic (exact) mass is 452 g/mol. The molecule has 1 atom stereocenters. The first-order valence-electron chi connectivity index (χ1n) is 10.5. The van der Waals surface area contributed by atoms with Gasteiger partial charge in [-0.2, -0.15) is 0 Å². The number of nitrogens with zero attached hydrogens (tertiary/aromatic N) is 1. The maximum Gasteiger partial charge on any atom is 0.251 e. The molecular weight excluding hydrogens is 427 g/mol. The predicted octanol–water partition coefficient (Wildman–Crippen LogP) is 4.60. The zero-order chi connectivity index (χ0) is 22.7. The lowest BCUT2D eigenvalue weighted by Crippen LogP contribution is -2.31. The molecule has 0 radical (unpaired) electrons. The number of rotatable bonds is 6. The number of halogens is 1. The van der Waals surface area contributed by atoms with Crippen molar-refractivity contribution in [1.29, 1.82) is 0 Å². The third kappa shape index (κ3) is 4.99. The van der Waals surface area contributed by atoms with Crippen molar-refractivity contribution in [2.75, 3.05) is 10.6 Å². The van der Waals surface area contributed by atoms with Crippen molar-refractivity contribution in [2.45, 2.75) is 31.8 Å². The second-order valence-corrected chi connectivity index (χ2v) is 9.97. The van der Waals surface area contributed by atoms with Crippen molar-refractivity contribution in [1.82, 2.24) is 5.32 Å². The largest absolute Gasteiger partial charge is 0.345 e. The number of nitrogens with one attached hydrogen (secondary N) is 1. The summed E-state index contributed by atoms with van der Waals surface area (Å²) in [6.45, 7) is 0.0729. The zero-order valence-corrected chi connectivity index (χ0v) is 18.6. The van der Waals surface area contributed by atoms with Crippen LogP contribution in [-0.4, -0.2) is 20.6 Å². The molecule has 3 aromatic carbocycles. The van der Waals surface area contributed by atoms with Gasteiger partial charge in [0.15, 0.2) is 0 Å². The van der Waals surface area contributed by atoms with Crippen molar-refractivity contribution >= 4 is 21.6 Å². The normalized spacial score (nSPS) is 15.6. The molecule has 4 rings (SSSR count). The van der Waals surface area contributed by atoms with E-state index in [0.717, 1.165) is 31.1 Å². The SMILES string of the molecule is CS(=O)(=O)N(Cc1ccc(F)cc1)c1ccc(C(=O)N[C@@H]2CCCc3ccccc32)cc1. The lowest BCUT2D eigenvalue weighted by molar-refractivity contribution is 0.0932. The summed E-state index contributed by atoms with van der Waals surface area (Å²) in [5.41, 5.74) is 3.99. The molecule has 1 aliphatic rings. The molecule has 32 heavy (non-hydrogen) atoms. The van der Waals surface area contributed by atoms with Crippen LogP contribution in [0, 0.1) is 5.82 Å². The van der Waals surface area contributed by atoms with Crippen LogP contribution in [-0.2, 0) is 23.0 Å². The van der Waals surface area contributed by atoms with Crippen LogP contribution in [0.2, 0.25) is 0 Å². The quantitative estimate of drug-likeness (QED) is 0.595. The molecule has 166 valence electrons. The van der Waals surface area contributed by atoms with Crippen molar-refractivity contribution in [3.8, 4) is 0 Å². The van der Waals surface area contributed by atoms with Crippen LogP contribution in [0.25, 0.3) is 0 Å². The van der Waals surface area contributed by atoms with E-state index in [1.807, 2.05) is 12.1 Å². The summed E-state index contributed by atoms with van der Waals surface area (Å²) in [7, 11) is -3.58. The summed E-state index contributed by atoms with van der Waals surface area (Å²) in [6.07, 6.45) is 4.05. The average Bonchev–Trinajstić information content (AvgIpc) is 2.78. The average molecular weight is 453 g/mol. The molecule has 1 N–H and O–H groups in total. The van der Waals surface area contributed by atoms with Crippen LogP contribution >= 0.6 is 0 Å². The standard InChI is InChI=1S/C25H25FN2O3S/c1-32(30,31)28(17-18-9-13-21(26)14-10-18)22-15-11-20(12-16-22)25(29)27-24-8-4-6-19-5-2-3-7-23(19)24/h2-3,5,7,9-16,24H,4,6,8,17H2,1H3,(H,27,29)/t24-/m1/s1. The number of fused-ring (bicyclic) bond motifs is 1. The Hall–Kier alpha value is -3.19. The topological polar surface area (TPSA) is 66.5 Å². The van der Waals surface area contributed by atoms with Crippen LogP contribution < -0.4 is 9.62 Å². The minimum absolute atomic E-state index is 0.0295. The van der Waals surface area contributed by atoms with Gasteiger partial charge in [0, 0.05) is 5.56 Å². The summed E-state index contributed by atoms with van der Waals surface area (Å²) in [4.78, 5) is 12.8. The number of sulfonamides is 1. The fourth-order valence-electron chi connectivity index (χ4n) is 4.08. The van der Waals surface area contributed by atoms with Gasteiger partial charge in [-0.1, -0.05) is 36.4 Å². The molecular formula is C25H25FN2O3S. The first-order chi connectivity index (χ1) is 15.3. The summed E-state index contributed by atoms with van der Waals surface area (Å²) < 4.78 is 39.2. The molecule has 0 aliphatic heterocycles. The van der Waals surface area contributed by atoms with Gasteiger partial charge in [-0.15, -0.1) is 0 Å².